The molecule has 0 bridgehead atoms. The van der Waals surface area contributed by atoms with E-state index in [4.69, 9.17) is 5.11 Å². The van der Waals surface area contributed by atoms with Crippen molar-refractivity contribution in [3.05, 3.63) is 65.9 Å². The van der Waals surface area contributed by atoms with E-state index >= 15 is 0 Å². The number of carboxylic acid groups (broad SMARTS) is 1. The molecule has 0 saturated carbocycles. The average molecular weight is 302 g/mol. The molecule has 3 aromatic rings. The van der Waals surface area contributed by atoms with Crippen molar-refractivity contribution in [2.45, 2.75) is 6.54 Å². The third-order valence-corrected chi connectivity index (χ3v) is 3.30. The van der Waals surface area contributed by atoms with Crippen molar-refractivity contribution >= 4 is 22.7 Å². The Morgan fingerprint density at radius 1 is 1.09 bits per heavy atom. The molecule has 2 N–H and O–H groups in total. The summed E-state index contributed by atoms with van der Waals surface area (Å²) in [7, 11) is 0. The van der Waals surface area contributed by atoms with Crippen LogP contribution >= 0.6 is 0 Å². The van der Waals surface area contributed by atoms with Gasteiger partial charge in [0.2, 0.25) is 0 Å². The third kappa shape index (κ3) is 2.90. The Bertz CT molecular complexity index is 838. The maximum absolute atomic E-state index is 13.3. The smallest absolute Gasteiger partial charge is 0.409 e. The number of carbonyl (C=O) groups is 1. The molecule has 2 aromatic carbocycles. The van der Waals surface area contributed by atoms with Crippen molar-refractivity contribution < 1.29 is 18.7 Å². The van der Waals surface area contributed by atoms with Gasteiger partial charge in [-0.3, -0.25) is 5.32 Å². The van der Waals surface area contributed by atoms with Crippen LogP contribution < -0.4 is 5.32 Å². The van der Waals surface area contributed by atoms with Crippen LogP contribution in [0.3, 0.4) is 0 Å². The first-order valence-electron chi connectivity index (χ1n) is 6.55. The van der Waals surface area contributed by atoms with Gasteiger partial charge < -0.3 is 9.67 Å². The molecular formula is C16H12F2N2O2. The first-order chi connectivity index (χ1) is 10.5. The Hall–Kier alpha value is -2.89. The Morgan fingerprint density at radius 2 is 1.82 bits per heavy atom. The number of aromatic nitrogens is 1. The third-order valence-electron chi connectivity index (χ3n) is 3.30. The number of hydrogen-bond donors (Lipinski definition) is 2. The summed E-state index contributed by atoms with van der Waals surface area (Å²) in [6.45, 7) is 0.286. The molecule has 0 fully saturated rings. The van der Waals surface area contributed by atoms with Crippen LogP contribution in [-0.4, -0.2) is 15.8 Å². The van der Waals surface area contributed by atoms with Crippen molar-refractivity contribution in [3.8, 4) is 0 Å². The molecule has 0 spiro atoms. The lowest BCUT2D eigenvalue weighted by molar-refractivity contribution is 0.210. The fourth-order valence-electron chi connectivity index (χ4n) is 2.42. The van der Waals surface area contributed by atoms with Crippen molar-refractivity contribution in [2.75, 3.05) is 5.32 Å². The summed E-state index contributed by atoms with van der Waals surface area (Å²) in [6, 6.07) is 10.3. The van der Waals surface area contributed by atoms with Gasteiger partial charge in [0.05, 0.1) is 5.52 Å². The van der Waals surface area contributed by atoms with Gasteiger partial charge in [0.15, 0.2) is 0 Å². The number of amides is 1. The van der Waals surface area contributed by atoms with Crippen LogP contribution in [0.5, 0.6) is 0 Å². The molecule has 0 saturated heterocycles. The first kappa shape index (κ1) is 14.1. The number of rotatable bonds is 3. The van der Waals surface area contributed by atoms with E-state index in [2.05, 4.69) is 5.32 Å². The van der Waals surface area contributed by atoms with E-state index in [1.54, 1.807) is 29.0 Å². The fourth-order valence-corrected chi connectivity index (χ4v) is 2.42. The lowest BCUT2D eigenvalue weighted by Gasteiger charge is -2.08. The molecule has 112 valence electrons. The molecule has 6 heteroatoms. The Labute approximate surface area is 124 Å². The van der Waals surface area contributed by atoms with Crippen LogP contribution in [0.4, 0.5) is 19.3 Å². The van der Waals surface area contributed by atoms with E-state index in [0.29, 0.717) is 11.3 Å². The normalized spacial score (nSPS) is 10.8. The molecule has 0 radical (unpaired) electrons. The minimum Gasteiger partial charge on any atom is -0.465 e. The molecule has 0 unspecified atom stereocenters. The van der Waals surface area contributed by atoms with Crippen LogP contribution in [0, 0.1) is 11.6 Å². The van der Waals surface area contributed by atoms with Crippen molar-refractivity contribution in [1.29, 1.82) is 0 Å². The largest absolute Gasteiger partial charge is 0.465 e. The molecule has 1 aromatic heterocycles. The maximum Gasteiger partial charge on any atom is 0.409 e. The molecule has 1 heterocycles. The predicted molar refractivity (Wildman–Crippen MR) is 79.0 cm³/mol. The van der Waals surface area contributed by atoms with Gasteiger partial charge in [0.25, 0.3) is 0 Å². The van der Waals surface area contributed by atoms with E-state index in [1.165, 1.54) is 12.1 Å². The first-order valence-corrected chi connectivity index (χ1v) is 6.55. The second-order valence-electron chi connectivity index (χ2n) is 4.93. The fraction of sp³-hybridized carbons (Fsp3) is 0.0625. The number of hydrogen-bond acceptors (Lipinski definition) is 1. The van der Waals surface area contributed by atoms with Crippen LogP contribution in [0.25, 0.3) is 10.9 Å². The quantitative estimate of drug-likeness (QED) is 0.766. The maximum atomic E-state index is 13.3. The predicted octanol–water partition coefficient (Wildman–Crippen LogP) is 4.06. The zero-order valence-electron chi connectivity index (χ0n) is 11.4. The molecule has 0 atom stereocenters. The van der Waals surface area contributed by atoms with Crippen LogP contribution in [0.15, 0.2) is 48.7 Å². The molecule has 4 nitrogen and oxygen atoms in total. The zero-order valence-corrected chi connectivity index (χ0v) is 11.4. The minimum absolute atomic E-state index is 0.286. The van der Waals surface area contributed by atoms with E-state index in [0.717, 1.165) is 17.0 Å². The van der Waals surface area contributed by atoms with E-state index < -0.39 is 17.7 Å². The summed E-state index contributed by atoms with van der Waals surface area (Å²) in [5.74, 6) is -1.25. The second kappa shape index (κ2) is 5.48. The van der Waals surface area contributed by atoms with Gasteiger partial charge in [-0.2, -0.15) is 0 Å². The molecule has 0 aliphatic rings. The second-order valence-corrected chi connectivity index (χ2v) is 4.93. The Kier molecular flexibility index (Phi) is 3.50. The topological polar surface area (TPSA) is 54.3 Å². The number of fused-ring (bicyclic) bond motifs is 1. The SMILES string of the molecule is O=C(O)Nc1ccc2ccn(Cc3cc(F)cc(F)c3)c2c1. The summed E-state index contributed by atoms with van der Waals surface area (Å²) < 4.78 is 28.3. The lowest BCUT2D eigenvalue weighted by atomic mass is 10.2. The van der Waals surface area contributed by atoms with Crippen molar-refractivity contribution in [2.24, 2.45) is 0 Å². The molecule has 3 rings (SSSR count). The van der Waals surface area contributed by atoms with Gasteiger partial charge in [-0.1, -0.05) is 6.07 Å². The number of halogens is 2. The summed E-state index contributed by atoms with van der Waals surface area (Å²) >= 11 is 0. The van der Waals surface area contributed by atoms with E-state index in [1.807, 2.05) is 6.07 Å². The van der Waals surface area contributed by atoms with Crippen LogP contribution in [0.1, 0.15) is 5.56 Å². The standard InChI is InChI=1S/C16H12F2N2O2/c17-12-5-10(6-13(18)7-12)9-20-4-3-11-1-2-14(8-15(11)20)19-16(21)22/h1-8,19H,9H2,(H,21,22). The molecule has 1 amide bonds. The molecular weight excluding hydrogens is 290 g/mol. The molecule has 22 heavy (non-hydrogen) atoms. The summed E-state index contributed by atoms with van der Waals surface area (Å²) in [5, 5.41) is 11.9. The summed E-state index contributed by atoms with van der Waals surface area (Å²) in [6.07, 6.45) is 0.641. The van der Waals surface area contributed by atoms with E-state index in [9.17, 15) is 13.6 Å². The van der Waals surface area contributed by atoms with Gasteiger partial charge in [-0.25, -0.2) is 13.6 Å². The number of nitrogens with one attached hydrogen (secondary N) is 1. The highest BCUT2D eigenvalue weighted by atomic mass is 19.1. The van der Waals surface area contributed by atoms with Crippen LogP contribution in [-0.2, 0) is 6.54 Å². The monoisotopic (exact) mass is 302 g/mol. The van der Waals surface area contributed by atoms with Gasteiger partial charge in [0.1, 0.15) is 11.6 Å². The number of nitrogens with zero attached hydrogens (tertiary/aromatic N) is 1. The Balaban J connectivity index is 1.97. The minimum atomic E-state index is -1.15. The van der Waals surface area contributed by atoms with Crippen molar-refractivity contribution in [1.82, 2.24) is 4.57 Å². The Morgan fingerprint density at radius 3 is 2.50 bits per heavy atom. The molecule has 0 aliphatic heterocycles. The highest BCUT2D eigenvalue weighted by Crippen LogP contribution is 2.22. The number of benzene rings is 2. The number of anilines is 1. The van der Waals surface area contributed by atoms with Gasteiger partial charge >= 0.3 is 6.09 Å². The van der Waals surface area contributed by atoms with Crippen molar-refractivity contribution in [3.63, 3.8) is 0 Å². The van der Waals surface area contributed by atoms with Crippen LogP contribution in [0.2, 0.25) is 0 Å². The highest BCUT2D eigenvalue weighted by Gasteiger charge is 2.07. The summed E-state index contributed by atoms with van der Waals surface area (Å²) in [5.41, 5.74) is 1.70. The van der Waals surface area contributed by atoms with E-state index in [-0.39, 0.29) is 6.54 Å². The zero-order chi connectivity index (χ0) is 15.7. The average Bonchev–Trinajstić information content (AvgIpc) is 2.79. The lowest BCUT2D eigenvalue weighted by Crippen LogP contribution is -2.07. The highest BCUT2D eigenvalue weighted by molar-refractivity contribution is 5.89. The van der Waals surface area contributed by atoms with Gasteiger partial charge in [-0.05, 0) is 41.3 Å². The summed E-state index contributed by atoms with van der Waals surface area (Å²) in [4.78, 5) is 10.7. The van der Waals surface area contributed by atoms with Gasteiger partial charge in [-0.15, -0.1) is 0 Å². The van der Waals surface area contributed by atoms with Gasteiger partial charge in [0, 0.05) is 24.5 Å². The molecule has 0 aliphatic carbocycles.